The van der Waals surface area contributed by atoms with Gasteiger partial charge in [-0.15, -0.1) is 0 Å². The maximum atomic E-state index is 13.7. The Balaban J connectivity index is 1.37. The Hall–Kier alpha value is -3.79. The molecule has 0 N–H and O–H groups in total. The third-order valence-electron chi connectivity index (χ3n) is 6.94. The molecule has 9 heteroatoms. The molecule has 41 heavy (non-hydrogen) atoms. The fraction of sp³-hybridized carbons (Fsp3) is 0.0312. The van der Waals surface area contributed by atoms with E-state index in [1.54, 1.807) is 12.3 Å². The predicted octanol–water partition coefficient (Wildman–Crippen LogP) is 8.98. The van der Waals surface area contributed by atoms with E-state index < -0.39 is 0 Å². The zero-order valence-electron chi connectivity index (χ0n) is 21.3. The van der Waals surface area contributed by atoms with Gasteiger partial charge in [0.2, 0.25) is 5.82 Å². The van der Waals surface area contributed by atoms with Crippen LogP contribution in [-0.2, 0) is 6.54 Å². The van der Waals surface area contributed by atoms with Crippen molar-refractivity contribution in [1.82, 2.24) is 14.2 Å². The van der Waals surface area contributed by atoms with Crippen molar-refractivity contribution in [3.05, 3.63) is 132 Å². The van der Waals surface area contributed by atoms with Gasteiger partial charge in [-0.1, -0.05) is 84.2 Å². The van der Waals surface area contributed by atoms with Crippen molar-refractivity contribution in [2.45, 2.75) is 6.54 Å². The summed E-state index contributed by atoms with van der Waals surface area (Å²) in [5.74, 6) is 0.792. The van der Waals surface area contributed by atoms with Crippen LogP contribution >= 0.6 is 47.8 Å². The second kappa shape index (κ2) is 10.6. The van der Waals surface area contributed by atoms with Gasteiger partial charge in [-0.2, -0.15) is 9.78 Å². The summed E-state index contributed by atoms with van der Waals surface area (Å²) in [5, 5.41) is 7.12. The quantitative estimate of drug-likeness (QED) is 0.166. The summed E-state index contributed by atoms with van der Waals surface area (Å²) in [6, 6.07) is 29.2. The highest BCUT2D eigenvalue weighted by atomic mass is 79.9. The summed E-state index contributed by atoms with van der Waals surface area (Å²) in [5.41, 5.74) is 4.10. The first-order chi connectivity index (χ1) is 19.9. The molecule has 0 spiro atoms. The number of fused-ring (bicyclic) bond motifs is 3. The highest BCUT2D eigenvalue weighted by molar-refractivity contribution is 9.11. The van der Waals surface area contributed by atoms with Crippen LogP contribution in [0.1, 0.15) is 11.1 Å². The number of hydrogen-bond acceptors (Lipinski definition) is 4. The van der Waals surface area contributed by atoms with Crippen LogP contribution in [0.5, 0.6) is 0 Å². The lowest BCUT2D eigenvalue weighted by Crippen LogP contribution is -2.20. The molecular weight excluding hydrogens is 712 g/mol. The molecule has 7 rings (SSSR count). The van der Waals surface area contributed by atoms with Gasteiger partial charge in [0.05, 0.1) is 17.1 Å². The normalized spacial score (nSPS) is 11.9. The lowest BCUT2D eigenvalue weighted by molar-refractivity contribution is 0.616. The Morgan fingerprint density at radius 3 is 2.46 bits per heavy atom. The average Bonchev–Trinajstić information content (AvgIpc) is 3.55. The zero-order valence-corrected chi connectivity index (χ0v) is 26.0. The van der Waals surface area contributed by atoms with Gasteiger partial charge in [0.25, 0.3) is 5.56 Å². The molecule has 3 heterocycles. The van der Waals surface area contributed by atoms with Crippen molar-refractivity contribution in [2.75, 3.05) is 0 Å². The first-order valence-corrected chi connectivity index (χ1v) is 15.1. The molecule has 7 aromatic rings. The number of rotatable bonds is 5. The van der Waals surface area contributed by atoms with Crippen LogP contribution in [0.3, 0.4) is 0 Å². The molecule has 0 aliphatic rings. The van der Waals surface area contributed by atoms with Crippen LogP contribution in [0.15, 0.2) is 125 Å². The maximum Gasteiger partial charge on any atom is 0.282 e. The van der Waals surface area contributed by atoms with Crippen molar-refractivity contribution in [3.63, 3.8) is 0 Å². The first-order valence-electron chi connectivity index (χ1n) is 12.7. The molecule has 0 unspecified atom stereocenters. The summed E-state index contributed by atoms with van der Waals surface area (Å²) >= 11 is 10.7. The molecule has 4 aromatic carbocycles. The molecule has 0 atom stereocenters. The van der Waals surface area contributed by atoms with Crippen LogP contribution in [0, 0.1) is 0 Å². The van der Waals surface area contributed by atoms with E-state index in [1.165, 1.54) is 4.68 Å². The third kappa shape index (κ3) is 4.88. The smallest absolute Gasteiger partial charge is 0.282 e. The average molecular weight is 731 g/mol. The number of para-hydroxylation sites is 2. The summed E-state index contributed by atoms with van der Waals surface area (Å²) in [4.78, 5) is 18.5. The van der Waals surface area contributed by atoms with E-state index in [2.05, 4.69) is 76.8 Å². The number of aromatic nitrogens is 3. The molecule has 0 saturated carbocycles. The molecule has 0 amide bonds. The van der Waals surface area contributed by atoms with Gasteiger partial charge in [-0.05, 0) is 60.2 Å². The van der Waals surface area contributed by atoms with Crippen LogP contribution in [-0.4, -0.2) is 20.4 Å². The first kappa shape index (κ1) is 26.1. The molecule has 0 radical (unpaired) electrons. The molecule has 0 aliphatic heterocycles. The number of nitrogens with zero attached hydrogens (tertiary/aromatic N) is 4. The second-order valence-corrected chi connectivity index (χ2v) is 12.3. The summed E-state index contributed by atoms with van der Waals surface area (Å²) in [6.45, 7) is 0.666. The Bertz CT molecular complexity index is 2210. The number of furan rings is 1. The van der Waals surface area contributed by atoms with E-state index >= 15 is 0 Å². The van der Waals surface area contributed by atoms with Crippen LogP contribution in [0.25, 0.3) is 44.4 Å². The maximum absolute atomic E-state index is 13.7. The van der Waals surface area contributed by atoms with Crippen LogP contribution < -0.4 is 5.56 Å². The van der Waals surface area contributed by atoms with Crippen molar-refractivity contribution in [3.8, 4) is 11.6 Å². The number of benzene rings is 4. The molecular formula is C32H19Br3N4O2. The minimum Gasteiger partial charge on any atom is -0.453 e. The highest BCUT2D eigenvalue weighted by Crippen LogP contribution is 2.30. The van der Waals surface area contributed by atoms with E-state index in [1.807, 2.05) is 66.7 Å². The van der Waals surface area contributed by atoms with Gasteiger partial charge >= 0.3 is 0 Å². The lowest BCUT2D eigenvalue weighted by Gasteiger charge is -2.08. The van der Waals surface area contributed by atoms with Crippen molar-refractivity contribution >= 4 is 86.8 Å². The van der Waals surface area contributed by atoms with Crippen molar-refractivity contribution < 1.29 is 4.42 Å². The third-order valence-corrected chi connectivity index (χ3v) is 8.66. The van der Waals surface area contributed by atoms with E-state index in [0.29, 0.717) is 34.6 Å². The van der Waals surface area contributed by atoms with Crippen LogP contribution in [0.4, 0.5) is 0 Å². The molecule has 0 aliphatic carbocycles. The van der Waals surface area contributed by atoms with E-state index in [4.69, 9.17) is 14.5 Å². The molecule has 0 saturated heterocycles. The van der Waals surface area contributed by atoms with E-state index in [-0.39, 0.29) is 5.56 Å². The van der Waals surface area contributed by atoms with E-state index in [9.17, 15) is 4.79 Å². The molecule has 6 nitrogen and oxygen atoms in total. The van der Waals surface area contributed by atoms with Crippen LogP contribution in [0.2, 0.25) is 0 Å². The predicted molar refractivity (Wildman–Crippen MR) is 175 cm³/mol. The Kier molecular flexibility index (Phi) is 6.73. The Morgan fingerprint density at radius 2 is 1.61 bits per heavy atom. The Morgan fingerprint density at radius 1 is 0.854 bits per heavy atom. The summed E-state index contributed by atoms with van der Waals surface area (Å²) in [6.07, 6.45) is 3.77. The van der Waals surface area contributed by atoms with E-state index in [0.717, 1.165) is 40.8 Å². The highest BCUT2D eigenvalue weighted by Gasteiger charge is 2.17. The standard InChI is InChI=1S/C32H19Br3N4O2/c33-22-11-12-29-20(13-22)14-30(41-29)31-37-27-7-3-1-6-25(27)32(40)39(31)36-16-21-18-38(28-8-4-2-5-24(21)28)17-19-9-10-23(34)15-26(19)35/h1-16,18H,17H2. The van der Waals surface area contributed by atoms with Gasteiger partial charge in [-0.3, -0.25) is 4.79 Å². The van der Waals surface area contributed by atoms with Crippen molar-refractivity contribution in [2.24, 2.45) is 5.10 Å². The van der Waals surface area contributed by atoms with Gasteiger partial charge in [0, 0.05) is 48.0 Å². The topological polar surface area (TPSA) is 65.3 Å². The van der Waals surface area contributed by atoms with Crippen molar-refractivity contribution in [1.29, 1.82) is 0 Å². The van der Waals surface area contributed by atoms with Gasteiger partial charge in [0.15, 0.2) is 5.76 Å². The summed E-state index contributed by atoms with van der Waals surface area (Å²) in [7, 11) is 0. The second-order valence-electron chi connectivity index (χ2n) is 9.57. The molecule has 3 aromatic heterocycles. The monoisotopic (exact) mass is 728 g/mol. The van der Waals surface area contributed by atoms with Gasteiger partial charge < -0.3 is 8.98 Å². The fourth-order valence-corrected chi connectivity index (χ4v) is 6.53. The molecule has 200 valence electrons. The Labute approximate surface area is 259 Å². The fourth-order valence-electron chi connectivity index (χ4n) is 4.98. The largest absolute Gasteiger partial charge is 0.453 e. The summed E-state index contributed by atoms with van der Waals surface area (Å²) < 4.78 is 12.6. The minimum absolute atomic E-state index is 0.272. The minimum atomic E-state index is -0.272. The number of hydrogen-bond donors (Lipinski definition) is 0. The van der Waals surface area contributed by atoms with Gasteiger partial charge in [0.1, 0.15) is 5.58 Å². The SMILES string of the molecule is O=c1c2ccccc2nc(-c2cc3cc(Br)ccc3o2)n1N=Cc1cn(Cc2ccc(Br)cc2Br)c2ccccc12. The molecule has 0 bridgehead atoms. The lowest BCUT2D eigenvalue weighted by atomic mass is 10.2. The molecule has 0 fully saturated rings. The zero-order chi connectivity index (χ0) is 28.1. The number of halogens is 3. The van der Waals surface area contributed by atoms with Gasteiger partial charge in [-0.25, -0.2) is 4.98 Å².